The van der Waals surface area contributed by atoms with Gasteiger partial charge in [0.2, 0.25) is 5.91 Å². The number of amides is 1. The zero-order valence-corrected chi connectivity index (χ0v) is 12.9. The number of benzene rings is 1. The summed E-state index contributed by atoms with van der Waals surface area (Å²) in [6.45, 7) is 5.26. The lowest BCUT2D eigenvalue weighted by atomic mass is 10.1. The van der Waals surface area contributed by atoms with Gasteiger partial charge in [0.25, 0.3) is 0 Å². The summed E-state index contributed by atoms with van der Waals surface area (Å²) in [5.74, 6) is 1.13. The van der Waals surface area contributed by atoms with Gasteiger partial charge in [-0.2, -0.15) is 0 Å². The summed E-state index contributed by atoms with van der Waals surface area (Å²) in [4.78, 5) is 14.2. The van der Waals surface area contributed by atoms with Crippen LogP contribution in [0.1, 0.15) is 32.6 Å². The molecule has 1 amide bonds. The minimum Gasteiger partial charge on any atom is -0.494 e. The van der Waals surface area contributed by atoms with Crippen molar-refractivity contribution < 1.29 is 9.53 Å². The SMILES string of the molecule is CC(NCCCOc1ccccc1)C(=O)N1CCCCC1. The maximum absolute atomic E-state index is 12.2. The van der Waals surface area contributed by atoms with Gasteiger partial charge in [0.15, 0.2) is 0 Å². The van der Waals surface area contributed by atoms with Gasteiger partial charge in [-0.15, -0.1) is 0 Å². The highest BCUT2D eigenvalue weighted by atomic mass is 16.5. The zero-order chi connectivity index (χ0) is 14.9. The van der Waals surface area contributed by atoms with E-state index in [0.717, 1.165) is 44.6 Å². The first-order chi connectivity index (χ1) is 10.3. The van der Waals surface area contributed by atoms with Crippen LogP contribution in [0.25, 0.3) is 0 Å². The third kappa shape index (κ3) is 5.38. The molecule has 1 heterocycles. The lowest BCUT2D eigenvalue weighted by Gasteiger charge is -2.29. The molecule has 0 aliphatic carbocycles. The minimum absolute atomic E-state index is 0.0974. The van der Waals surface area contributed by atoms with E-state index < -0.39 is 0 Å². The lowest BCUT2D eigenvalue weighted by Crippen LogP contribution is -2.47. The summed E-state index contributed by atoms with van der Waals surface area (Å²) in [6, 6.07) is 9.72. The molecule has 1 aromatic carbocycles. The van der Waals surface area contributed by atoms with Crippen LogP contribution in [0.5, 0.6) is 5.75 Å². The number of piperidine rings is 1. The zero-order valence-electron chi connectivity index (χ0n) is 12.9. The van der Waals surface area contributed by atoms with E-state index in [1.165, 1.54) is 6.42 Å². The number of hydrogen-bond donors (Lipinski definition) is 1. The van der Waals surface area contributed by atoms with Crippen molar-refractivity contribution in [1.82, 2.24) is 10.2 Å². The van der Waals surface area contributed by atoms with E-state index in [0.29, 0.717) is 6.61 Å². The van der Waals surface area contributed by atoms with Crippen LogP contribution < -0.4 is 10.1 Å². The van der Waals surface area contributed by atoms with E-state index in [4.69, 9.17) is 4.74 Å². The molecule has 1 atom stereocenters. The first kappa shape index (κ1) is 15.8. The van der Waals surface area contributed by atoms with Crippen molar-refractivity contribution in [3.63, 3.8) is 0 Å². The number of likely N-dealkylation sites (tertiary alicyclic amines) is 1. The Balaban J connectivity index is 1.58. The van der Waals surface area contributed by atoms with Gasteiger partial charge in [0, 0.05) is 13.1 Å². The molecule has 1 saturated heterocycles. The predicted molar refractivity (Wildman–Crippen MR) is 84.4 cm³/mol. The number of carbonyl (C=O) groups excluding carboxylic acids is 1. The Kier molecular flexibility index (Phi) is 6.54. The highest BCUT2D eigenvalue weighted by Gasteiger charge is 2.21. The van der Waals surface area contributed by atoms with Gasteiger partial charge in [-0.05, 0) is 51.3 Å². The molecule has 0 saturated carbocycles. The molecule has 1 aliphatic rings. The second kappa shape index (κ2) is 8.67. The van der Waals surface area contributed by atoms with Crippen molar-refractivity contribution in [2.24, 2.45) is 0 Å². The minimum atomic E-state index is -0.0974. The van der Waals surface area contributed by atoms with E-state index in [9.17, 15) is 4.79 Å². The fourth-order valence-electron chi connectivity index (χ4n) is 2.57. The molecule has 21 heavy (non-hydrogen) atoms. The van der Waals surface area contributed by atoms with Gasteiger partial charge >= 0.3 is 0 Å². The number of carbonyl (C=O) groups is 1. The van der Waals surface area contributed by atoms with Gasteiger partial charge in [0.05, 0.1) is 12.6 Å². The summed E-state index contributed by atoms with van der Waals surface area (Å²) >= 11 is 0. The van der Waals surface area contributed by atoms with Crippen LogP contribution >= 0.6 is 0 Å². The van der Waals surface area contributed by atoms with E-state index in [2.05, 4.69) is 5.32 Å². The Morgan fingerprint density at radius 2 is 1.95 bits per heavy atom. The molecule has 4 nitrogen and oxygen atoms in total. The molecule has 0 bridgehead atoms. The number of nitrogens with zero attached hydrogens (tertiary/aromatic N) is 1. The summed E-state index contributed by atoms with van der Waals surface area (Å²) in [7, 11) is 0. The van der Waals surface area contributed by atoms with Crippen LogP contribution in [0.3, 0.4) is 0 Å². The normalized spacial score (nSPS) is 16.5. The van der Waals surface area contributed by atoms with Crippen molar-refractivity contribution in [2.75, 3.05) is 26.2 Å². The molecular weight excluding hydrogens is 264 g/mol. The lowest BCUT2D eigenvalue weighted by molar-refractivity contribution is -0.133. The van der Waals surface area contributed by atoms with E-state index >= 15 is 0 Å². The first-order valence-electron chi connectivity index (χ1n) is 7.97. The number of para-hydroxylation sites is 1. The van der Waals surface area contributed by atoms with Crippen molar-refractivity contribution in [1.29, 1.82) is 0 Å². The summed E-state index contributed by atoms with van der Waals surface area (Å²) in [5, 5.41) is 3.29. The maximum Gasteiger partial charge on any atom is 0.239 e. The Morgan fingerprint density at radius 1 is 1.24 bits per heavy atom. The van der Waals surface area contributed by atoms with Gasteiger partial charge in [-0.1, -0.05) is 18.2 Å². The molecule has 4 heteroatoms. The molecule has 1 fully saturated rings. The van der Waals surface area contributed by atoms with E-state index in [1.807, 2.05) is 42.2 Å². The predicted octanol–water partition coefficient (Wildman–Crippen LogP) is 2.45. The quantitative estimate of drug-likeness (QED) is 0.784. The monoisotopic (exact) mass is 290 g/mol. The molecule has 0 aromatic heterocycles. The van der Waals surface area contributed by atoms with E-state index in [1.54, 1.807) is 0 Å². The Bertz CT molecular complexity index is 416. The second-order valence-corrected chi connectivity index (χ2v) is 5.58. The average molecular weight is 290 g/mol. The fraction of sp³-hybridized carbons (Fsp3) is 0.588. The van der Waals surface area contributed by atoms with Gasteiger partial charge < -0.3 is 15.0 Å². The molecule has 2 rings (SSSR count). The third-order valence-corrected chi connectivity index (χ3v) is 3.82. The molecule has 0 spiro atoms. The largest absolute Gasteiger partial charge is 0.494 e. The van der Waals surface area contributed by atoms with Crippen LogP contribution in [0.15, 0.2) is 30.3 Å². The Morgan fingerprint density at radius 3 is 2.67 bits per heavy atom. The van der Waals surface area contributed by atoms with Crippen molar-refractivity contribution >= 4 is 5.91 Å². The summed E-state index contributed by atoms with van der Waals surface area (Å²) in [5.41, 5.74) is 0. The number of hydrogen-bond acceptors (Lipinski definition) is 3. The smallest absolute Gasteiger partial charge is 0.239 e. The molecular formula is C17H26N2O2. The topological polar surface area (TPSA) is 41.6 Å². The van der Waals surface area contributed by atoms with Gasteiger partial charge in [-0.25, -0.2) is 0 Å². The highest BCUT2D eigenvalue weighted by Crippen LogP contribution is 2.10. The van der Waals surface area contributed by atoms with Crippen LogP contribution in [0.2, 0.25) is 0 Å². The Hall–Kier alpha value is -1.55. The molecule has 1 aromatic rings. The fourth-order valence-corrected chi connectivity index (χ4v) is 2.57. The van der Waals surface area contributed by atoms with Crippen molar-refractivity contribution in [2.45, 2.75) is 38.6 Å². The standard InChI is InChI=1S/C17H26N2O2/c1-15(17(20)19-12-6-3-7-13-19)18-11-8-14-21-16-9-4-2-5-10-16/h2,4-5,9-10,15,18H,3,6-8,11-14H2,1H3. The summed E-state index contributed by atoms with van der Waals surface area (Å²) in [6.07, 6.45) is 4.43. The number of nitrogens with one attached hydrogen (secondary N) is 1. The first-order valence-corrected chi connectivity index (χ1v) is 7.97. The molecule has 0 radical (unpaired) electrons. The molecule has 1 N–H and O–H groups in total. The number of ether oxygens (including phenoxy) is 1. The maximum atomic E-state index is 12.2. The van der Waals surface area contributed by atoms with E-state index in [-0.39, 0.29) is 11.9 Å². The molecule has 1 unspecified atom stereocenters. The van der Waals surface area contributed by atoms with Gasteiger partial charge in [0.1, 0.15) is 5.75 Å². The van der Waals surface area contributed by atoms with Crippen LogP contribution in [0.4, 0.5) is 0 Å². The molecule has 116 valence electrons. The van der Waals surface area contributed by atoms with Crippen molar-refractivity contribution in [3.05, 3.63) is 30.3 Å². The third-order valence-electron chi connectivity index (χ3n) is 3.82. The second-order valence-electron chi connectivity index (χ2n) is 5.58. The Labute approximate surface area is 127 Å². The number of rotatable bonds is 7. The molecule has 1 aliphatic heterocycles. The van der Waals surface area contributed by atoms with Crippen LogP contribution in [-0.2, 0) is 4.79 Å². The average Bonchev–Trinajstić information content (AvgIpc) is 2.55. The van der Waals surface area contributed by atoms with Crippen molar-refractivity contribution in [3.8, 4) is 5.75 Å². The van der Waals surface area contributed by atoms with Gasteiger partial charge in [-0.3, -0.25) is 4.79 Å². The van der Waals surface area contributed by atoms with Crippen LogP contribution in [0, 0.1) is 0 Å². The summed E-state index contributed by atoms with van der Waals surface area (Å²) < 4.78 is 5.63. The highest BCUT2D eigenvalue weighted by molar-refractivity contribution is 5.81. The van der Waals surface area contributed by atoms with Crippen LogP contribution in [-0.4, -0.2) is 43.1 Å².